The van der Waals surface area contributed by atoms with Gasteiger partial charge in [0.05, 0.1) is 12.1 Å². The maximum Gasteiger partial charge on any atom is 0.231 e. The smallest absolute Gasteiger partial charge is 0.231 e. The molecule has 162 valence electrons. The summed E-state index contributed by atoms with van der Waals surface area (Å²) in [4.78, 5) is 32.2. The number of benzene rings is 2. The fourth-order valence-corrected chi connectivity index (χ4v) is 5.31. The van der Waals surface area contributed by atoms with Gasteiger partial charge in [0, 0.05) is 57.8 Å². The summed E-state index contributed by atoms with van der Waals surface area (Å²) in [5.74, 6) is 0.408. The van der Waals surface area contributed by atoms with Crippen LogP contribution in [-0.2, 0) is 24.2 Å². The molecule has 0 atom stereocenters. The Bertz CT molecular complexity index is 1010. The van der Waals surface area contributed by atoms with E-state index >= 15 is 0 Å². The summed E-state index contributed by atoms with van der Waals surface area (Å²) in [7, 11) is 0. The molecule has 0 N–H and O–H groups in total. The highest BCUT2D eigenvalue weighted by atomic mass is 16.2. The largest absolute Gasteiger partial charge is 0.312 e. The van der Waals surface area contributed by atoms with Crippen LogP contribution in [0.2, 0.25) is 0 Å². The molecule has 31 heavy (non-hydrogen) atoms. The molecule has 0 aromatic heterocycles. The van der Waals surface area contributed by atoms with Gasteiger partial charge in [-0.2, -0.15) is 0 Å². The summed E-state index contributed by atoms with van der Waals surface area (Å²) < 4.78 is 0. The SMILES string of the molecule is Cc1ccccc1CN1CCN(CCC(=O)c2ccc3c4c2CCCN4C(=O)C3)CC1. The van der Waals surface area contributed by atoms with Gasteiger partial charge >= 0.3 is 0 Å². The molecule has 1 amide bonds. The van der Waals surface area contributed by atoms with Crippen molar-refractivity contribution in [1.82, 2.24) is 9.80 Å². The van der Waals surface area contributed by atoms with E-state index in [0.717, 1.165) is 81.0 Å². The normalized spacial score (nSPS) is 19.0. The average Bonchev–Trinajstić information content (AvgIpc) is 3.12. The van der Waals surface area contributed by atoms with Crippen LogP contribution < -0.4 is 4.90 Å². The quantitative estimate of drug-likeness (QED) is 0.677. The molecule has 0 radical (unpaired) electrons. The summed E-state index contributed by atoms with van der Waals surface area (Å²) in [6.07, 6.45) is 2.90. The zero-order valence-electron chi connectivity index (χ0n) is 18.4. The lowest BCUT2D eigenvalue weighted by molar-refractivity contribution is -0.117. The van der Waals surface area contributed by atoms with Crippen LogP contribution in [0.4, 0.5) is 5.69 Å². The number of amides is 1. The van der Waals surface area contributed by atoms with Crippen molar-refractivity contribution >= 4 is 17.4 Å². The highest BCUT2D eigenvalue weighted by molar-refractivity contribution is 6.06. The molecule has 5 heteroatoms. The Morgan fingerprint density at radius 1 is 0.968 bits per heavy atom. The van der Waals surface area contributed by atoms with E-state index < -0.39 is 0 Å². The Labute approximate surface area is 184 Å². The molecule has 3 heterocycles. The lowest BCUT2D eigenvalue weighted by Gasteiger charge is -2.35. The monoisotopic (exact) mass is 417 g/mol. The molecule has 0 bridgehead atoms. The summed E-state index contributed by atoms with van der Waals surface area (Å²) in [5, 5.41) is 0. The molecule has 5 rings (SSSR count). The number of hydrogen-bond acceptors (Lipinski definition) is 4. The van der Waals surface area contributed by atoms with Crippen molar-refractivity contribution < 1.29 is 9.59 Å². The van der Waals surface area contributed by atoms with Crippen LogP contribution in [0.25, 0.3) is 0 Å². The number of carbonyl (C=O) groups is 2. The van der Waals surface area contributed by atoms with Crippen LogP contribution in [0.3, 0.4) is 0 Å². The van der Waals surface area contributed by atoms with Gasteiger partial charge in [-0.15, -0.1) is 0 Å². The topological polar surface area (TPSA) is 43.9 Å². The Kier molecular flexibility index (Phi) is 5.63. The third kappa shape index (κ3) is 4.04. The van der Waals surface area contributed by atoms with Gasteiger partial charge in [0.25, 0.3) is 0 Å². The van der Waals surface area contributed by atoms with E-state index in [1.165, 1.54) is 11.1 Å². The second-order valence-corrected chi connectivity index (χ2v) is 9.14. The van der Waals surface area contributed by atoms with Crippen LogP contribution in [-0.4, -0.2) is 60.8 Å². The first kappa shape index (κ1) is 20.4. The van der Waals surface area contributed by atoms with Crippen molar-refractivity contribution in [2.24, 2.45) is 0 Å². The van der Waals surface area contributed by atoms with Crippen molar-refractivity contribution in [1.29, 1.82) is 0 Å². The lowest BCUT2D eigenvalue weighted by atomic mass is 9.91. The molecule has 0 saturated carbocycles. The van der Waals surface area contributed by atoms with E-state index in [-0.39, 0.29) is 11.7 Å². The van der Waals surface area contributed by atoms with Crippen LogP contribution in [0.15, 0.2) is 36.4 Å². The number of aryl methyl sites for hydroxylation is 1. The molecule has 0 aliphatic carbocycles. The average molecular weight is 418 g/mol. The van der Waals surface area contributed by atoms with Gasteiger partial charge in [-0.1, -0.05) is 36.4 Å². The highest BCUT2D eigenvalue weighted by Crippen LogP contribution is 2.38. The Balaban J connectivity index is 1.17. The second-order valence-electron chi connectivity index (χ2n) is 9.14. The molecular weight excluding hydrogens is 386 g/mol. The zero-order chi connectivity index (χ0) is 21.4. The molecule has 3 aliphatic rings. The van der Waals surface area contributed by atoms with Gasteiger partial charge in [-0.05, 0) is 42.0 Å². The molecule has 5 nitrogen and oxygen atoms in total. The van der Waals surface area contributed by atoms with E-state index in [4.69, 9.17) is 0 Å². The molecule has 2 aromatic rings. The third-order valence-corrected chi connectivity index (χ3v) is 7.16. The fraction of sp³-hybridized carbons (Fsp3) is 0.462. The first-order valence-electron chi connectivity index (χ1n) is 11.6. The van der Waals surface area contributed by atoms with E-state index in [1.807, 2.05) is 17.0 Å². The van der Waals surface area contributed by atoms with Gasteiger partial charge in [-0.3, -0.25) is 14.5 Å². The molecule has 0 spiro atoms. The van der Waals surface area contributed by atoms with Crippen molar-refractivity contribution in [2.75, 3.05) is 44.2 Å². The minimum Gasteiger partial charge on any atom is -0.312 e. The Morgan fingerprint density at radius 2 is 1.74 bits per heavy atom. The molecule has 1 fully saturated rings. The lowest BCUT2D eigenvalue weighted by Crippen LogP contribution is -2.46. The Hall–Kier alpha value is -2.50. The van der Waals surface area contributed by atoms with Crippen molar-refractivity contribution in [2.45, 2.75) is 39.2 Å². The van der Waals surface area contributed by atoms with E-state index in [9.17, 15) is 9.59 Å². The van der Waals surface area contributed by atoms with E-state index in [1.54, 1.807) is 0 Å². The summed E-state index contributed by atoms with van der Waals surface area (Å²) in [6, 6.07) is 12.6. The van der Waals surface area contributed by atoms with E-state index in [0.29, 0.717) is 12.8 Å². The minimum absolute atomic E-state index is 0.184. The predicted octanol–water partition coefficient (Wildman–Crippen LogP) is 3.22. The number of carbonyl (C=O) groups excluding carboxylic acids is 2. The summed E-state index contributed by atoms with van der Waals surface area (Å²) in [6.45, 7) is 8.91. The zero-order valence-corrected chi connectivity index (χ0v) is 18.4. The number of ketones is 1. The van der Waals surface area contributed by atoms with Crippen LogP contribution in [0.1, 0.15) is 45.5 Å². The minimum atomic E-state index is 0.184. The van der Waals surface area contributed by atoms with Crippen LogP contribution in [0, 0.1) is 6.92 Å². The van der Waals surface area contributed by atoms with Crippen molar-refractivity contribution in [3.05, 3.63) is 64.2 Å². The van der Waals surface area contributed by atoms with Gasteiger partial charge in [0.2, 0.25) is 5.91 Å². The van der Waals surface area contributed by atoms with E-state index in [2.05, 4.69) is 41.0 Å². The van der Waals surface area contributed by atoms with Gasteiger partial charge in [0.1, 0.15) is 0 Å². The second kappa shape index (κ2) is 8.56. The van der Waals surface area contributed by atoms with Crippen LogP contribution >= 0.6 is 0 Å². The number of nitrogens with zero attached hydrogens (tertiary/aromatic N) is 3. The number of hydrogen-bond donors (Lipinski definition) is 0. The van der Waals surface area contributed by atoms with Gasteiger partial charge in [-0.25, -0.2) is 0 Å². The molecule has 3 aliphatic heterocycles. The predicted molar refractivity (Wildman–Crippen MR) is 123 cm³/mol. The number of piperazine rings is 1. The Morgan fingerprint density at radius 3 is 2.55 bits per heavy atom. The standard InChI is InChI=1S/C26H31N3O2/c1-19-5-2-3-6-21(19)18-28-15-13-27(14-16-28)12-10-24(30)22-9-8-20-17-25(31)29-11-4-7-23(22)26(20)29/h2-3,5-6,8-9H,4,7,10-18H2,1H3. The van der Waals surface area contributed by atoms with Gasteiger partial charge < -0.3 is 9.80 Å². The molecule has 2 aromatic carbocycles. The molecule has 1 saturated heterocycles. The maximum atomic E-state index is 13.1. The molecule has 0 unspecified atom stereocenters. The highest BCUT2D eigenvalue weighted by Gasteiger charge is 2.34. The first-order chi connectivity index (χ1) is 15.1. The van der Waals surface area contributed by atoms with Crippen molar-refractivity contribution in [3.63, 3.8) is 0 Å². The summed E-state index contributed by atoms with van der Waals surface area (Å²) >= 11 is 0. The summed E-state index contributed by atoms with van der Waals surface area (Å²) in [5.41, 5.74) is 6.87. The van der Waals surface area contributed by atoms with Crippen LogP contribution in [0.5, 0.6) is 0 Å². The molecular formula is C26H31N3O2. The first-order valence-corrected chi connectivity index (χ1v) is 11.6. The fourth-order valence-electron chi connectivity index (χ4n) is 5.31. The van der Waals surface area contributed by atoms with Crippen molar-refractivity contribution in [3.8, 4) is 0 Å². The third-order valence-electron chi connectivity index (χ3n) is 7.16. The maximum absolute atomic E-state index is 13.1. The number of Topliss-reactive ketones (excluding diaryl/α,β-unsaturated/α-hetero) is 1. The number of anilines is 1. The number of rotatable bonds is 6. The van der Waals surface area contributed by atoms with Gasteiger partial charge in [0.15, 0.2) is 5.78 Å².